The molecule has 6 fully saturated rings. The molecular weight excluding hydrogens is 308 g/mol. The van der Waals surface area contributed by atoms with Gasteiger partial charge in [-0.05, 0) is 117 Å². The Morgan fingerprint density at radius 3 is 2.60 bits per heavy atom. The molecule has 2 nitrogen and oxygen atoms in total. The number of hydrogen-bond donors (Lipinski definition) is 1. The van der Waals surface area contributed by atoms with Crippen LogP contribution in [0.4, 0.5) is 0 Å². The van der Waals surface area contributed by atoms with E-state index in [1.807, 2.05) is 0 Å². The molecule has 1 N–H and O–H groups in total. The summed E-state index contributed by atoms with van der Waals surface area (Å²) >= 11 is 0. The second kappa shape index (κ2) is 5.04. The third-order valence-electron chi connectivity index (χ3n) is 10.7. The molecule has 6 rings (SSSR count). The van der Waals surface area contributed by atoms with E-state index in [4.69, 9.17) is 4.74 Å². The van der Waals surface area contributed by atoms with Crippen molar-refractivity contribution in [3.05, 3.63) is 0 Å². The number of hydrogen-bond acceptors (Lipinski definition) is 2. The van der Waals surface area contributed by atoms with E-state index in [1.54, 1.807) is 0 Å². The van der Waals surface area contributed by atoms with Crippen LogP contribution in [0.3, 0.4) is 0 Å². The fourth-order valence-corrected chi connectivity index (χ4v) is 9.65. The van der Waals surface area contributed by atoms with E-state index in [2.05, 4.69) is 6.92 Å². The topological polar surface area (TPSA) is 32.8 Å². The van der Waals surface area contributed by atoms with Crippen LogP contribution in [0, 0.1) is 40.4 Å². The van der Waals surface area contributed by atoms with Crippen molar-refractivity contribution in [3.63, 3.8) is 0 Å². The molecular formula is C23H36O2. The zero-order chi connectivity index (χ0) is 16.9. The standard InChI is InChI=1S/C23H36O2/c1-21-11-7-16(24)13-15(21)3-4-17-18(21)8-12-22-9-2-10-23(14-25-23)20(22)6-5-19(17)22/h15-20,24H,2-14H2,1H3/t15-,16+,17?,18?,19?,20-,21-,22-,23-/m0/s1. The molecule has 140 valence electrons. The van der Waals surface area contributed by atoms with Gasteiger partial charge < -0.3 is 9.84 Å². The predicted molar refractivity (Wildman–Crippen MR) is 98.1 cm³/mol. The van der Waals surface area contributed by atoms with Gasteiger partial charge in [-0.1, -0.05) is 6.92 Å². The van der Waals surface area contributed by atoms with E-state index in [1.165, 1.54) is 64.2 Å². The summed E-state index contributed by atoms with van der Waals surface area (Å²) in [7, 11) is 0. The summed E-state index contributed by atoms with van der Waals surface area (Å²) in [4.78, 5) is 0. The molecule has 5 saturated carbocycles. The Kier molecular flexibility index (Phi) is 3.21. The van der Waals surface area contributed by atoms with Crippen LogP contribution in [-0.4, -0.2) is 23.4 Å². The first-order valence-electron chi connectivity index (χ1n) is 11.4. The first-order valence-corrected chi connectivity index (χ1v) is 11.4. The van der Waals surface area contributed by atoms with E-state index in [-0.39, 0.29) is 6.10 Å². The summed E-state index contributed by atoms with van der Waals surface area (Å²) in [6, 6.07) is 0. The van der Waals surface area contributed by atoms with Crippen molar-refractivity contribution < 1.29 is 9.84 Å². The Bertz CT molecular complexity index is 568. The molecule has 5 aliphatic carbocycles. The molecule has 0 bridgehead atoms. The Morgan fingerprint density at radius 1 is 0.880 bits per heavy atom. The van der Waals surface area contributed by atoms with E-state index in [0.29, 0.717) is 16.4 Å². The summed E-state index contributed by atoms with van der Waals surface area (Å²) in [6.45, 7) is 3.70. The molecule has 2 spiro atoms. The average Bonchev–Trinajstić information content (AvgIpc) is 3.24. The van der Waals surface area contributed by atoms with Crippen LogP contribution in [0.1, 0.15) is 84.0 Å². The number of aliphatic hydroxyl groups is 1. The van der Waals surface area contributed by atoms with Gasteiger partial charge in [0.2, 0.25) is 0 Å². The molecule has 1 heterocycles. The molecule has 6 aliphatic rings. The van der Waals surface area contributed by atoms with Crippen LogP contribution < -0.4 is 0 Å². The van der Waals surface area contributed by atoms with Gasteiger partial charge >= 0.3 is 0 Å². The summed E-state index contributed by atoms with van der Waals surface area (Å²) in [5.74, 6) is 4.64. The van der Waals surface area contributed by atoms with Gasteiger partial charge in [0.15, 0.2) is 0 Å². The number of rotatable bonds is 0. The summed E-state index contributed by atoms with van der Waals surface area (Å²) in [5, 5.41) is 10.2. The molecule has 2 heteroatoms. The lowest BCUT2D eigenvalue weighted by Crippen LogP contribution is -2.56. The van der Waals surface area contributed by atoms with E-state index in [0.717, 1.165) is 49.0 Å². The first kappa shape index (κ1) is 15.9. The summed E-state index contributed by atoms with van der Waals surface area (Å²) < 4.78 is 6.12. The lowest BCUT2D eigenvalue weighted by Gasteiger charge is -2.62. The largest absolute Gasteiger partial charge is 0.393 e. The average molecular weight is 345 g/mol. The molecule has 0 aromatic heterocycles. The van der Waals surface area contributed by atoms with Crippen molar-refractivity contribution >= 4 is 0 Å². The second-order valence-electron chi connectivity index (χ2n) is 11.2. The van der Waals surface area contributed by atoms with Gasteiger partial charge in [-0.25, -0.2) is 0 Å². The lowest BCUT2D eigenvalue weighted by atomic mass is 9.43. The molecule has 0 aromatic carbocycles. The smallest absolute Gasteiger partial charge is 0.0949 e. The van der Waals surface area contributed by atoms with Crippen LogP contribution in [0.25, 0.3) is 0 Å². The number of aliphatic hydroxyl groups excluding tert-OH is 1. The fraction of sp³-hybridized carbons (Fsp3) is 1.00. The lowest BCUT2D eigenvalue weighted by molar-refractivity contribution is -0.142. The van der Waals surface area contributed by atoms with Crippen molar-refractivity contribution in [1.82, 2.24) is 0 Å². The van der Waals surface area contributed by atoms with Gasteiger partial charge in [-0.3, -0.25) is 0 Å². The zero-order valence-electron chi connectivity index (χ0n) is 16.0. The molecule has 1 aliphatic heterocycles. The monoisotopic (exact) mass is 344 g/mol. The minimum absolute atomic E-state index is 0.00867. The van der Waals surface area contributed by atoms with Crippen LogP contribution in [0.15, 0.2) is 0 Å². The van der Waals surface area contributed by atoms with Gasteiger partial charge in [0.25, 0.3) is 0 Å². The number of fused-ring (bicyclic) bond motifs is 5. The predicted octanol–water partition coefficient (Wildman–Crippen LogP) is 4.94. The Hall–Kier alpha value is -0.0800. The SMILES string of the molecule is C[C@]12CC[C@@H](O)C[C@@H]1CCC1C3CC[C@@H]4[C@]5(CCC[C@]34CCC12)CO5. The number of ether oxygens (including phenoxy) is 1. The number of epoxide rings is 1. The molecule has 0 radical (unpaired) electrons. The molecule has 1 saturated heterocycles. The zero-order valence-corrected chi connectivity index (χ0v) is 16.0. The second-order valence-corrected chi connectivity index (χ2v) is 11.2. The van der Waals surface area contributed by atoms with Crippen LogP contribution in [0.2, 0.25) is 0 Å². The highest BCUT2D eigenvalue weighted by molar-refractivity contribution is 5.18. The van der Waals surface area contributed by atoms with E-state index < -0.39 is 0 Å². The first-order chi connectivity index (χ1) is 12.1. The van der Waals surface area contributed by atoms with E-state index in [9.17, 15) is 5.11 Å². The Balaban J connectivity index is 1.33. The highest BCUT2D eigenvalue weighted by Gasteiger charge is 2.69. The van der Waals surface area contributed by atoms with Gasteiger partial charge in [0.05, 0.1) is 18.3 Å². The minimum atomic E-state index is -0.00867. The highest BCUT2D eigenvalue weighted by Crippen LogP contribution is 2.73. The van der Waals surface area contributed by atoms with Crippen LogP contribution in [-0.2, 0) is 4.74 Å². The molecule has 25 heavy (non-hydrogen) atoms. The van der Waals surface area contributed by atoms with Crippen molar-refractivity contribution in [2.45, 2.75) is 95.7 Å². The molecule has 0 aromatic rings. The van der Waals surface area contributed by atoms with E-state index >= 15 is 0 Å². The normalized spacial score (nSPS) is 62.6. The Labute approximate surface area is 153 Å². The maximum absolute atomic E-state index is 10.2. The van der Waals surface area contributed by atoms with Gasteiger partial charge in [0, 0.05) is 0 Å². The minimum Gasteiger partial charge on any atom is -0.393 e. The highest BCUT2D eigenvalue weighted by atomic mass is 16.6. The van der Waals surface area contributed by atoms with Gasteiger partial charge in [-0.2, -0.15) is 0 Å². The van der Waals surface area contributed by atoms with Crippen LogP contribution >= 0.6 is 0 Å². The maximum atomic E-state index is 10.2. The molecule has 9 atom stereocenters. The summed E-state index contributed by atoms with van der Waals surface area (Å²) in [6.07, 6.45) is 16.5. The quantitative estimate of drug-likeness (QED) is 0.631. The molecule has 3 unspecified atom stereocenters. The molecule has 0 amide bonds. The van der Waals surface area contributed by atoms with Crippen molar-refractivity contribution in [1.29, 1.82) is 0 Å². The summed E-state index contributed by atoms with van der Waals surface area (Å²) in [5.41, 5.74) is 1.54. The van der Waals surface area contributed by atoms with Crippen molar-refractivity contribution in [3.8, 4) is 0 Å². The maximum Gasteiger partial charge on any atom is 0.0949 e. The van der Waals surface area contributed by atoms with Crippen molar-refractivity contribution in [2.24, 2.45) is 40.4 Å². The van der Waals surface area contributed by atoms with Crippen molar-refractivity contribution in [2.75, 3.05) is 6.61 Å². The van der Waals surface area contributed by atoms with Gasteiger partial charge in [0.1, 0.15) is 0 Å². The fourth-order valence-electron chi connectivity index (χ4n) is 9.65. The van der Waals surface area contributed by atoms with Gasteiger partial charge in [-0.15, -0.1) is 0 Å². The third kappa shape index (κ3) is 1.94. The Morgan fingerprint density at radius 2 is 1.76 bits per heavy atom. The third-order valence-corrected chi connectivity index (χ3v) is 10.7. The van der Waals surface area contributed by atoms with Crippen LogP contribution in [0.5, 0.6) is 0 Å².